The minimum Gasteiger partial charge on any atom is -0.466 e. The molecular weight excluding hydrogens is 244 g/mol. The molecule has 2 heteroatoms. The third-order valence-electron chi connectivity index (χ3n) is 3.55. The molecule has 2 aromatic rings. The fraction of sp³-hybridized carbons (Fsp3) is 0.375. The van der Waals surface area contributed by atoms with Crippen molar-refractivity contribution in [2.24, 2.45) is 0 Å². The van der Waals surface area contributed by atoms with Gasteiger partial charge >= 0.3 is 0 Å². The van der Waals surface area contributed by atoms with Gasteiger partial charge in [0.25, 0.3) is 0 Å². The van der Waals surface area contributed by atoms with Gasteiger partial charge in [-0.25, -0.2) is 0 Å². The Kier molecular flexibility index (Phi) is 3.82. The largest absolute Gasteiger partial charge is 0.466 e. The smallest absolute Gasteiger partial charge is 0.106 e. The maximum atomic E-state index is 6.59. The monoisotopic (exact) mass is 262 g/mol. The van der Waals surface area contributed by atoms with E-state index < -0.39 is 0 Å². The predicted octanol–water partition coefficient (Wildman–Crippen LogP) is 5.10. The summed E-state index contributed by atoms with van der Waals surface area (Å²) in [5, 5.41) is -0.131. The number of hydrogen-bond donors (Lipinski definition) is 0. The summed E-state index contributed by atoms with van der Waals surface area (Å²) in [6.07, 6.45) is 1.05. The van der Waals surface area contributed by atoms with Crippen LogP contribution in [0.15, 0.2) is 28.7 Å². The van der Waals surface area contributed by atoms with Crippen molar-refractivity contribution in [3.05, 3.63) is 58.0 Å². The summed E-state index contributed by atoms with van der Waals surface area (Å²) < 4.78 is 5.65. The zero-order chi connectivity index (χ0) is 13.3. The number of rotatable bonds is 3. The predicted molar refractivity (Wildman–Crippen MR) is 76.4 cm³/mol. The molecule has 0 aliphatic rings. The van der Waals surface area contributed by atoms with E-state index in [1.54, 1.807) is 0 Å². The van der Waals surface area contributed by atoms with E-state index in [9.17, 15) is 0 Å². The number of alkyl halides is 1. The molecule has 96 valence electrons. The van der Waals surface area contributed by atoms with Crippen LogP contribution in [0.5, 0.6) is 0 Å². The number of hydrogen-bond acceptors (Lipinski definition) is 1. The molecule has 2 rings (SSSR count). The van der Waals surface area contributed by atoms with E-state index in [1.165, 1.54) is 5.56 Å². The van der Waals surface area contributed by atoms with E-state index in [0.29, 0.717) is 0 Å². The van der Waals surface area contributed by atoms with E-state index in [1.807, 2.05) is 13.8 Å². The molecule has 0 saturated carbocycles. The molecular formula is C16H19ClO. The van der Waals surface area contributed by atoms with Crippen LogP contribution >= 0.6 is 11.6 Å². The normalized spacial score (nSPS) is 12.7. The summed E-state index contributed by atoms with van der Waals surface area (Å²) in [6.45, 7) is 8.18. The topological polar surface area (TPSA) is 13.1 Å². The zero-order valence-corrected chi connectivity index (χ0v) is 12.1. The molecule has 0 aliphatic heterocycles. The van der Waals surface area contributed by atoms with Crippen LogP contribution in [0.25, 0.3) is 0 Å². The van der Waals surface area contributed by atoms with Crippen LogP contribution in [0.3, 0.4) is 0 Å². The molecule has 0 aliphatic carbocycles. The number of furan rings is 1. The molecule has 1 heterocycles. The van der Waals surface area contributed by atoms with E-state index in [0.717, 1.165) is 34.6 Å². The van der Waals surface area contributed by atoms with Crippen LogP contribution in [-0.2, 0) is 6.42 Å². The molecule has 0 fully saturated rings. The van der Waals surface area contributed by atoms with Crippen LogP contribution in [0.4, 0.5) is 0 Å². The van der Waals surface area contributed by atoms with Gasteiger partial charge in [0.05, 0.1) is 5.38 Å². The van der Waals surface area contributed by atoms with Gasteiger partial charge in [-0.2, -0.15) is 0 Å². The highest BCUT2D eigenvalue weighted by atomic mass is 35.5. The van der Waals surface area contributed by atoms with Crippen LogP contribution in [0.2, 0.25) is 0 Å². The molecule has 1 atom stereocenters. The van der Waals surface area contributed by atoms with Crippen LogP contribution in [0.1, 0.15) is 46.1 Å². The summed E-state index contributed by atoms with van der Waals surface area (Å²) in [7, 11) is 0. The first-order chi connectivity index (χ1) is 8.54. The highest BCUT2D eigenvalue weighted by Crippen LogP contribution is 2.35. The Morgan fingerprint density at radius 2 is 1.67 bits per heavy atom. The first-order valence-corrected chi connectivity index (χ1v) is 6.77. The fourth-order valence-electron chi connectivity index (χ4n) is 2.27. The molecule has 0 saturated heterocycles. The van der Waals surface area contributed by atoms with Crippen molar-refractivity contribution in [3.8, 4) is 0 Å². The number of halogens is 1. The van der Waals surface area contributed by atoms with Crippen molar-refractivity contribution in [2.45, 2.75) is 39.5 Å². The Labute approximate surface area is 114 Å². The van der Waals surface area contributed by atoms with Gasteiger partial charge in [-0.05, 0) is 43.9 Å². The second-order valence-electron chi connectivity index (χ2n) is 4.71. The van der Waals surface area contributed by atoms with E-state index >= 15 is 0 Å². The van der Waals surface area contributed by atoms with Crippen LogP contribution in [0, 0.1) is 20.8 Å². The van der Waals surface area contributed by atoms with E-state index in [4.69, 9.17) is 16.0 Å². The van der Waals surface area contributed by atoms with Gasteiger partial charge in [-0.1, -0.05) is 31.2 Å². The molecule has 1 aromatic heterocycles. The Balaban J connectivity index is 2.37. The Bertz CT molecular complexity index is 537. The van der Waals surface area contributed by atoms with Crippen molar-refractivity contribution in [1.29, 1.82) is 0 Å². The average molecular weight is 263 g/mol. The second-order valence-corrected chi connectivity index (χ2v) is 5.15. The van der Waals surface area contributed by atoms with Gasteiger partial charge in [-0.3, -0.25) is 0 Å². The highest BCUT2D eigenvalue weighted by Gasteiger charge is 2.20. The lowest BCUT2D eigenvalue weighted by Gasteiger charge is -2.11. The van der Waals surface area contributed by atoms with Crippen molar-refractivity contribution in [3.63, 3.8) is 0 Å². The second kappa shape index (κ2) is 5.19. The third kappa shape index (κ3) is 2.32. The Morgan fingerprint density at radius 1 is 1.06 bits per heavy atom. The lowest BCUT2D eigenvalue weighted by Crippen LogP contribution is -1.96. The standard InChI is InChI=1S/C16H19ClO/c1-5-13-6-8-14(9-7-13)16(17)15-10(2)11(3)18-12(15)4/h6-9,16H,5H2,1-4H3. The van der Waals surface area contributed by atoms with Gasteiger partial charge in [0.2, 0.25) is 0 Å². The summed E-state index contributed by atoms with van der Waals surface area (Å²) >= 11 is 6.59. The Hall–Kier alpha value is -1.21. The summed E-state index contributed by atoms with van der Waals surface area (Å²) in [5.41, 5.74) is 4.73. The van der Waals surface area contributed by atoms with Gasteiger partial charge in [-0.15, -0.1) is 11.6 Å². The first-order valence-electron chi connectivity index (χ1n) is 6.34. The van der Waals surface area contributed by atoms with Crippen LogP contribution in [-0.4, -0.2) is 0 Å². The van der Waals surface area contributed by atoms with E-state index in [2.05, 4.69) is 38.1 Å². The molecule has 1 aromatic carbocycles. The van der Waals surface area contributed by atoms with Crippen molar-refractivity contribution in [1.82, 2.24) is 0 Å². The van der Waals surface area contributed by atoms with Crippen molar-refractivity contribution < 1.29 is 4.42 Å². The molecule has 0 spiro atoms. The summed E-state index contributed by atoms with van der Waals surface area (Å²) in [4.78, 5) is 0. The maximum Gasteiger partial charge on any atom is 0.106 e. The molecule has 1 unspecified atom stereocenters. The van der Waals surface area contributed by atoms with Gasteiger partial charge < -0.3 is 4.42 Å². The van der Waals surface area contributed by atoms with Crippen molar-refractivity contribution >= 4 is 11.6 Å². The minimum absolute atomic E-state index is 0.131. The molecule has 18 heavy (non-hydrogen) atoms. The Morgan fingerprint density at radius 3 is 2.11 bits per heavy atom. The third-order valence-corrected chi connectivity index (χ3v) is 4.02. The number of aryl methyl sites for hydroxylation is 3. The maximum absolute atomic E-state index is 6.59. The quantitative estimate of drug-likeness (QED) is 0.702. The molecule has 0 bridgehead atoms. The van der Waals surface area contributed by atoms with Crippen LogP contribution < -0.4 is 0 Å². The fourth-order valence-corrected chi connectivity index (χ4v) is 2.74. The lowest BCUT2D eigenvalue weighted by molar-refractivity contribution is 0.500. The highest BCUT2D eigenvalue weighted by molar-refractivity contribution is 6.22. The number of benzene rings is 1. The minimum atomic E-state index is -0.131. The summed E-state index contributed by atoms with van der Waals surface area (Å²) in [6, 6.07) is 8.50. The SMILES string of the molecule is CCc1ccc(C(Cl)c2c(C)oc(C)c2C)cc1. The summed E-state index contributed by atoms with van der Waals surface area (Å²) in [5.74, 6) is 1.88. The van der Waals surface area contributed by atoms with Crippen molar-refractivity contribution in [2.75, 3.05) is 0 Å². The van der Waals surface area contributed by atoms with Gasteiger partial charge in [0, 0.05) is 5.56 Å². The van der Waals surface area contributed by atoms with Gasteiger partial charge in [0.15, 0.2) is 0 Å². The molecule has 0 amide bonds. The molecule has 0 radical (unpaired) electrons. The van der Waals surface area contributed by atoms with E-state index in [-0.39, 0.29) is 5.38 Å². The lowest BCUT2D eigenvalue weighted by atomic mass is 9.99. The zero-order valence-electron chi connectivity index (χ0n) is 11.4. The molecule has 0 N–H and O–H groups in total. The first kappa shape index (κ1) is 13.2. The molecule has 1 nitrogen and oxygen atoms in total. The average Bonchev–Trinajstić information content (AvgIpc) is 2.63. The van der Waals surface area contributed by atoms with Gasteiger partial charge in [0.1, 0.15) is 11.5 Å².